The van der Waals surface area contributed by atoms with Gasteiger partial charge < -0.3 is 0 Å². The first kappa shape index (κ1) is 22.0. The molecule has 1 aromatic carbocycles. The van der Waals surface area contributed by atoms with E-state index in [-0.39, 0.29) is 6.29 Å². The molecule has 0 bridgehead atoms. The number of benzene rings is 1. The van der Waals surface area contributed by atoms with Crippen LogP contribution in [-0.2, 0) is 9.47 Å². The second kappa shape index (κ2) is 9.80. The molecule has 1 heterocycles. The first-order chi connectivity index (χ1) is 12.1. The van der Waals surface area contributed by atoms with Crippen LogP contribution in [0.5, 0.6) is 11.5 Å². The Morgan fingerprint density at radius 2 is 1.92 bits per heavy atom. The Labute approximate surface area is 164 Å². The second-order valence-corrected chi connectivity index (χ2v) is 29.3. The van der Waals surface area contributed by atoms with Crippen molar-refractivity contribution in [1.29, 1.82) is 0 Å². The predicted molar refractivity (Wildman–Crippen MR) is 113 cm³/mol. The zero-order valence-electron chi connectivity index (χ0n) is 17.4. The summed E-state index contributed by atoms with van der Waals surface area (Å²) in [6.45, 7) is 8.98. The molecule has 1 aliphatic heterocycles. The fourth-order valence-corrected chi connectivity index (χ4v) is 7.74. The molecule has 1 unspecified atom stereocenters. The molecule has 148 valence electrons. The molecule has 1 saturated heterocycles. The van der Waals surface area contributed by atoms with Crippen LogP contribution in [0.4, 0.5) is 0 Å². The fraction of sp³-hybridized carbons (Fsp3) is 0.700. The van der Waals surface area contributed by atoms with Gasteiger partial charge in [0.15, 0.2) is 0 Å². The van der Waals surface area contributed by atoms with Crippen LogP contribution in [0.15, 0.2) is 18.2 Å². The van der Waals surface area contributed by atoms with Crippen LogP contribution in [0.2, 0.25) is 40.5 Å². The van der Waals surface area contributed by atoms with Crippen LogP contribution >= 0.6 is 0 Å². The SMILES string of the molecule is C[Si](C)(C)CCOCOc1ccc(OC2CCCCO2)c[c]1[Sn]([CH3])([CH3])[CH3]. The summed E-state index contributed by atoms with van der Waals surface area (Å²) in [5, 5.41) is 0. The van der Waals surface area contributed by atoms with Gasteiger partial charge in [-0.25, -0.2) is 0 Å². The monoisotopic (exact) mass is 488 g/mol. The molecule has 26 heavy (non-hydrogen) atoms. The Kier molecular flexibility index (Phi) is 8.31. The van der Waals surface area contributed by atoms with Gasteiger partial charge in [-0.15, -0.1) is 0 Å². The van der Waals surface area contributed by atoms with Crippen LogP contribution in [0.1, 0.15) is 19.3 Å². The summed E-state index contributed by atoms with van der Waals surface area (Å²) in [5.74, 6) is 1.85. The summed E-state index contributed by atoms with van der Waals surface area (Å²) in [4.78, 5) is 7.18. The summed E-state index contributed by atoms with van der Waals surface area (Å²) in [6, 6.07) is 7.37. The molecule has 0 amide bonds. The molecule has 0 N–H and O–H groups in total. The first-order valence-electron chi connectivity index (χ1n) is 9.78. The molecular formula is C20H36O4SiSn. The van der Waals surface area contributed by atoms with Crippen molar-refractivity contribution in [3.63, 3.8) is 0 Å². The van der Waals surface area contributed by atoms with E-state index in [9.17, 15) is 0 Å². The molecule has 0 radical (unpaired) electrons. The number of hydrogen-bond acceptors (Lipinski definition) is 4. The minimum atomic E-state index is -2.35. The van der Waals surface area contributed by atoms with Crippen LogP contribution in [0.3, 0.4) is 0 Å². The third kappa shape index (κ3) is 7.78. The van der Waals surface area contributed by atoms with E-state index in [0.717, 1.165) is 43.6 Å². The van der Waals surface area contributed by atoms with E-state index < -0.39 is 26.5 Å². The van der Waals surface area contributed by atoms with E-state index in [0.29, 0.717) is 6.79 Å². The van der Waals surface area contributed by atoms with Crippen LogP contribution in [0.25, 0.3) is 0 Å². The van der Waals surface area contributed by atoms with E-state index in [1.807, 2.05) is 12.1 Å². The summed E-state index contributed by atoms with van der Waals surface area (Å²) in [7, 11) is -1.05. The van der Waals surface area contributed by atoms with E-state index in [2.05, 4.69) is 40.5 Å². The molecule has 0 spiro atoms. The third-order valence-corrected chi connectivity index (χ3v) is 11.9. The fourth-order valence-electron chi connectivity index (χ4n) is 2.79. The molecule has 1 fully saturated rings. The zero-order valence-corrected chi connectivity index (χ0v) is 21.2. The topological polar surface area (TPSA) is 36.9 Å². The van der Waals surface area contributed by atoms with Gasteiger partial charge in [-0.3, -0.25) is 0 Å². The van der Waals surface area contributed by atoms with E-state index in [1.54, 1.807) is 0 Å². The Bertz CT molecular complexity index is 560. The maximum atomic E-state index is 6.06. The summed E-state index contributed by atoms with van der Waals surface area (Å²) in [6.07, 6.45) is 3.17. The molecule has 0 saturated carbocycles. The molecule has 2 rings (SSSR count). The summed E-state index contributed by atoms with van der Waals surface area (Å²) < 4.78 is 24.8. The first-order valence-corrected chi connectivity index (χ1v) is 23.5. The predicted octanol–water partition coefficient (Wildman–Crippen LogP) is 4.83. The van der Waals surface area contributed by atoms with Gasteiger partial charge in [-0.1, -0.05) is 0 Å². The van der Waals surface area contributed by atoms with Gasteiger partial charge in [0.25, 0.3) is 0 Å². The average Bonchev–Trinajstić information content (AvgIpc) is 2.54. The van der Waals surface area contributed by atoms with Gasteiger partial charge in [0.2, 0.25) is 0 Å². The van der Waals surface area contributed by atoms with Gasteiger partial charge in [0.1, 0.15) is 0 Å². The van der Waals surface area contributed by atoms with Crippen molar-refractivity contribution in [3.8, 4) is 11.5 Å². The van der Waals surface area contributed by atoms with Crippen LogP contribution in [-0.4, -0.2) is 52.7 Å². The molecular weight excluding hydrogens is 451 g/mol. The van der Waals surface area contributed by atoms with E-state index in [1.165, 1.54) is 10.0 Å². The van der Waals surface area contributed by atoms with Crippen LogP contribution < -0.4 is 13.1 Å². The van der Waals surface area contributed by atoms with E-state index in [4.69, 9.17) is 18.9 Å². The van der Waals surface area contributed by atoms with Gasteiger partial charge in [0, 0.05) is 0 Å². The molecule has 1 atom stereocenters. The van der Waals surface area contributed by atoms with Crippen LogP contribution in [0, 0.1) is 0 Å². The molecule has 0 aliphatic carbocycles. The third-order valence-electron chi connectivity index (χ3n) is 4.46. The Morgan fingerprint density at radius 3 is 2.54 bits per heavy atom. The van der Waals surface area contributed by atoms with Crippen molar-refractivity contribution in [2.45, 2.75) is 66.1 Å². The Morgan fingerprint density at radius 1 is 1.15 bits per heavy atom. The molecule has 6 heteroatoms. The Hall–Kier alpha value is -0.244. The molecule has 1 aliphatic rings. The Balaban J connectivity index is 1.97. The number of ether oxygens (including phenoxy) is 4. The zero-order chi connectivity index (χ0) is 19.2. The van der Waals surface area contributed by atoms with Gasteiger partial charge in [-0.05, 0) is 0 Å². The van der Waals surface area contributed by atoms with Crippen molar-refractivity contribution in [2.75, 3.05) is 20.0 Å². The summed E-state index contributed by atoms with van der Waals surface area (Å²) in [5.41, 5.74) is 0. The van der Waals surface area contributed by atoms with Crippen molar-refractivity contribution in [2.24, 2.45) is 0 Å². The van der Waals surface area contributed by atoms with Gasteiger partial charge in [0.05, 0.1) is 0 Å². The molecule has 0 aromatic heterocycles. The van der Waals surface area contributed by atoms with Gasteiger partial charge >= 0.3 is 165 Å². The molecule has 4 nitrogen and oxygen atoms in total. The maximum absolute atomic E-state index is 6.06. The van der Waals surface area contributed by atoms with Crippen molar-refractivity contribution >= 4 is 30.0 Å². The summed E-state index contributed by atoms with van der Waals surface area (Å²) >= 11 is -2.35. The second-order valence-electron chi connectivity index (χ2n) is 9.30. The quantitative estimate of drug-likeness (QED) is 0.284. The standard InChI is InChI=1S/C17H27O4Si.3CH3.Sn/c1-22(2,3)13-12-18-14-20-15-7-9-16(10-8-15)21-17-6-4-5-11-19-17;;;;/h7,9-10,17H,4-6,11-14H2,1-3H3;3*1H3;. The normalized spacial score (nSPS) is 18.6. The number of hydrogen-bond donors (Lipinski definition) is 0. The van der Waals surface area contributed by atoms with E-state index >= 15 is 0 Å². The van der Waals surface area contributed by atoms with Crippen molar-refractivity contribution in [3.05, 3.63) is 18.2 Å². The van der Waals surface area contributed by atoms with Gasteiger partial charge in [-0.2, -0.15) is 0 Å². The van der Waals surface area contributed by atoms with Crippen molar-refractivity contribution < 1.29 is 18.9 Å². The average molecular weight is 487 g/mol. The minimum absolute atomic E-state index is 0.108. The number of rotatable bonds is 9. The molecule has 1 aromatic rings. The van der Waals surface area contributed by atoms with Crippen molar-refractivity contribution in [1.82, 2.24) is 0 Å².